The number of likely N-dealkylation sites (N-methyl/N-ethyl adjacent to an activating group) is 1. The van der Waals surface area contributed by atoms with Crippen LogP contribution in [0.15, 0.2) is 0 Å². The molecule has 0 aromatic heterocycles. The van der Waals surface area contributed by atoms with Crippen LogP contribution in [0.4, 0.5) is 0 Å². The molecule has 1 atom stereocenters. The van der Waals surface area contributed by atoms with Crippen molar-refractivity contribution in [2.75, 3.05) is 39.8 Å². The maximum Gasteiger partial charge on any atom is 0.281 e. The molecule has 2 fully saturated rings. The Labute approximate surface area is 116 Å². The minimum absolute atomic E-state index is 0.0568. The van der Waals surface area contributed by atoms with Crippen LogP contribution in [0.2, 0.25) is 0 Å². The summed E-state index contributed by atoms with van der Waals surface area (Å²) in [6, 6.07) is 0. The predicted molar refractivity (Wildman–Crippen MR) is 73.9 cm³/mol. The van der Waals surface area contributed by atoms with Crippen LogP contribution in [-0.4, -0.2) is 63.0 Å². The molecule has 2 heterocycles. The molecule has 1 unspecified atom stereocenters. The summed E-state index contributed by atoms with van der Waals surface area (Å²) in [5.41, 5.74) is 5.63. The third kappa shape index (κ3) is 3.66. The average molecular weight is 291 g/mol. The van der Waals surface area contributed by atoms with E-state index in [-0.39, 0.29) is 6.10 Å². The van der Waals surface area contributed by atoms with Gasteiger partial charge in [0.1, 0.15) is 0 Å². The molecular formula is C12H25N3O3S. The molecule has 112 valence electrons. The molecule has 0 radical (unpaired) electrons. The van der Waals surface area contributed by atoms with Crippen LogP contribution in [0.25, 0.3) is 0 Å². The molecule has 0 bridgehead atoms. The van der Waals surface area contributed by atoms with Crippen molar-refractivity contribution in [3.8, 4) is 0 Å². The molecule has 2 aliphatic rings. The molecule has 19 heavy (non-hydrogen) atoms. The van der Waals surface area contributed by atoms with Crippen molar-refractivity contribution in [2.24, 2.45) is 11.7 Å². The van der Waals surface area contributed by atoms with E-state index >= 15 is 0 Å². The third-order valence-corrected chi connectivity index (χ3v) is 6.07. The molecule has 2 aliphatic heterocycles. The van der Waals surface area contributed by atoms with Crippen LogP contribution < -0.4 is 5.73 Å². The first-order valence-corrected chi connectivity index (χ1v) is 8.47. The minimum Gasteiger partial charge on any atom is -0.377 e. The summed E-state index contributed by atoms with van der Waals surface area (Å²) in [5.74, 6) is 0.468. The molecule has 2 rings (SSSR count). The van der Waals surface area contributed by atoms with Crippen molar-refractivity contribution >= 4 is 10.2 Å². The van der Waals surface area contributed by atoms with E-state index in [0.29, 0.717) is 32.1 Å². The Hall–Kier alpha value is -0.210. The van der Waals surface area contributed by atoms with Crippen LogP contribution in [0.5, 0.6) is 0 Å². The van der Waals surface area contributed by atoms with Gasteiger partial charge in [-0.15, -0.1) is 0 Å². The monoisotopic (exact) mass is 291 g/mol. The van der Waals surface area contributed by atoms with Crippen molar-refractivity contribution in [2.45, 2.75) is 31.8 Å². The Kier molecular flexibility index (Phi) is 5.19. The van der Waals surface area contributed by atoms with E-state index in [1.54, 1.807) is 11.4 Å². The van der Waals surface area contributed by atoms with Gasteiger partial charge < -0.3 is 10.5 Å². The van der Waals surface area contributed by atoms with Gasteiger partial charge in [-0.1, -0.05) is 0 Å². The average Bonchev–Trinajstić information content (AvgIpc) is 2.91. The number of piperidine rings is 1. The van der Waals surface area contributed by atoms with Crippen LogP contribution in [0.1, 0.15) is 25.7 Å². The fraction of sp³-hybridized carbons (Fsp3) is 1.00. The van der Waals surface area contributed by atoms with Gasteiger partial charge in [-0.25, -0.2) is 0 Å². The van der Waals surface area contributed by atoms with Gasteiger partial charge in [-0.05, 0) is 38.1 Å². The van der Waals surface area contributed by atoms with Gasteiger partial charge in [0.05, 0.1) is 6.10 Å². The first kappa shape index (κ1) is 15.2. The summed E-state index contributed by atoms with van der Waals surface area (Å²) in [6.07, 6.45) is 3.77. The molecule has 0 aliphatic carbocycles. The molecule has 2 N–H and O–H groups in total. The lowest BCUT2D eigenvalue weighted by molar-refractivity contribution is 0.0960. The van der Waals surface area contributed by atoms with Gasteiger partial charge in [0.25, 0.3) is 10.2 Å². The SMILES string of the molecule is CN(CC1CCCO1)S(=O)(=O)N1CCC(CN)CC1. The zero-order valence-electron chi connectivity index (χ0n) is 11.6. The molecule has 0 saturated carbocycles. The van der Waals surface area contributed by atoms with Crippen LogP contribution >= 0.6 is 0 Å². The van der Waals surface area contributed by atoms with Crippen molar-refractivity contribution in [1.29, 1.82) is 0 Å². The second-order valence-corrected chi connectivity index (χ2v) is 7.54. The summed E-state index contributed by atoms with van der Waals surface area (Å²) in [6.45, 7) is 3.03. The molecule has 0 aromatic rings. The van der Waals surface area contributed by atoms with Gasteiger partial charge >= 0.3 is 0 Å². The number of hydrogen-bond acceptors (Lipinski definition) is 4. The largest absolute Gasteiger partial charge is 0.377 e. The Balaban J connectivity index is 1.89. The second-order valence-electron chi connectivity index (χ2n) is 5.50. The lowest BCUT2D eigenvalue weighted by atomic mass is 9.99. The number of ether oxygens (including phenoxy) is 1. The van der Waals surface area contributed by atoms with Gasteiger partial charge in [-0.3, -0.25) is 0 Å². The zero-order chi connectivity index (χ0) is 13.9. The topological polar surface area (TPSA) is 75.9 Å². The zero-order valence-corrected chi connectivity index (χ0v) is 12.4. The highest BCUT2D eigenvalue weighted by Gasteiger charge is 2.32. The third-order valence-electron chi connectivity index (χ3n) is 4.11. The van der Waals surface area contributed by atoms with Crippen molar-refractivity contribution in [3.05, 3.63) is 0 Å². The summed E-state index contributed by atoms with van der Waals surface area (Å²) >= 11 is 0. The van der Waals surface area contributed by atoms with Crippen LogP contribution in [0.3, 0.4) is 0 Å². The smallest absolute Gasteiger partial charge is 0.281 e. The molecule has 0 aromatic carbocycles. The summed E-state index contributed by atoms with van der Waals surface area (Å²) in [4.78, 5) is 0. The van der Waals surface area contributed by atoms with E-state index < -0.39 is 10.2 Å². The van der Waals surface area contributed by atoms with Crippen LogP contribution in [0, 0.1) is 5.92 Å². The molecule has 0 amide bonds. The van der Waals surface area contributed by atoms with E-state index in [1.807, 2.05) is 0 Å². The maximum absolute atomic E-state index is 12.4. The molecule has 0 spiro atoms. The summed E-state index contributed by atoms with van der Waals surface area (Å²) < 4.78 is 33.4. The second kappa shape index (κ2) is 6.49. The lowest BCUT2D eigenvalue weighted by Crippen LogP contribution is -2.48. The Bertz CT molecular complexity index is 374. The van der Waals surface area contributed by atoms with E-state index in [1.165, 1.54) is 4.31 Å². The summed E-state index contributed by atoms with van der Waals surface area (Å²) in [7, 11) is -1.69. The predicted octanol–water partition coefficient (Wildman–Crippen LogP) is 0.0127. The van der Waals surface area contributed by atoms with Crippen molar-refractivity contribution in [3.63, 3.8) is 0 Å². The number of hydrogen-bond donors (Lipinski definition) is 1. The fourth-order valence-corrected chi connectivity index (χ4v) is 4.16. The van der Waals surface area contributed by atoms with Gasteiger partial charge in [-0.2, -0.15) is 17.0 Å². The Morgan fingerprint density at radius 2 is 2.00 bits per heavy atom. The highest BCUT2D eigenvalue weighted by Crippen LogP contribution is 2.21. The van der Waals surface area contributed by atoms with Crippen molar-refractivity contribution in [1.82, 2.24) is 8.61 Å². The van der Waals surface area contributed by atoms with Crippen molar-refractivity contribution < 1.29 is 13.2 Å². The lowest BCUT2D eigenvalue weighted by Gasteiger charge is -2.33. The minimum atomic E-state index is -3.34. The first-order chi connectivity index (χ1) is 9.04. The fourth-order valence-electron chi connectivity index (χ4n) is 2.74. The van der Waals surface area contributed by atoms with E-state index in [4.69, 9.17) is 10.5 Å². The van der Waals surface area contributed by atoms with E-state index in [9.17, 15) is 8.42 Å². The number of nitrogens with zero attached hydrogens (tertiary/aromatic N) is 2. The van der Waals surface area contributed by atoms with Gasteiger partial charge in [0.15, 0.2) is 0 Å². The van der Waals surface area contributed by atoms with Gasteiger partial charge in [0, 0.05) is 33.3 Å². The highest BCUT2D eigenvalue weighted by molar-refractivity contribution is 7.86. The Morgan fingerprint density at radius 1 is 1.32 bits per heavy atom. The standard InChI is InChI=1S/C12H25N3O3S/c1-14(10-12-3-2-8-18-12)19(16,17)15-6-4-11(9-13)5-7-15/h11-12H,2-10,13H2,1H3. The molecule has 6 nitrogen and oxygen atoms in total. The first-order valence-electron chi connectivity index (χ1n) is 7.07. The number of rotatable bonds is 5. The van der Waals surface area contributed by atoms with E-state index in [2.05, 4.69) is 0 Å². The maximum atomic E-state index is 12.4. The molecular weight excluding hydrogens is 266 g/mol. The Morgan fingerprint density at radius 3 is 2.53 bits per heavy atom. The van der Waals surface area contributed by atoms with Gasteiger partial charge in [0.2, 0.25) is 0 Å². The quantitative estimate of drug-likeness (QED) is 0.774. The molecule has 2 saturated heterocycles. The normalized spacial score (nSPS) is 27.2. The van der Waals surface area contributed by atoms with Crippen LogP contribution in [-0.2, 0) is 14.9 Å². The summed E-state index contributed by atoms with van der Waals surface area (Å²) in [5, 5.41) is 0. The number of nitrogens with two attached hydrogens (primary N) is 1. The molecule has 7 heteroatoms. The highest BCUT2D eigenvalue weighted by atomic mass is 32.2. The van der Waals surface area contributed by atoms with E-state index in [0.717, 1.165) is 32.3 Å².